The highest BCUT2D eigenvalue weighted by Gasteiger charge is 2.08. The number of rotatable bonds is 4. The van der Waals surface area contributed by atoms with Crippen LogP contribution in [0, 0.1) is 5.41 Å². The minimum absolute atomic E-state index is 0.0500. The van der Waals surface area contributed by atoms with Crippen molar-refractivity contribution >= 4 is 17.5 Å². The molecule has 0 aliphatic carbocycles. The minimum Gasteiger partial charge on any atom is -0.489 e. The third kappa shape index (κ3) is 3.42. The smallest absolute Gasteiger partial charge is 0.213 e. The van der Waals surface area contributed by atoms with Crippen LogP contribution in [0.15, 0.2) is 18.2 Å². The molecule has 1 rings (SSSR count). The minimum atomic E-state index is 0.0500. The average Bonchev–Trinajstić information content (AvgIpc) is 2.21. The molecule has 0 spiro atoms. The highest BCUT2D eigenvalue weighted by atomic mass is 35.5. The van der Waals surface area contributed by atoms with E-state index in [0.717, 1.165) is 0 Å². The Hall–Kier alpha value is -1.22. The first-order chi connectivity index (χ1) is 7.54. The Kier molecular flexibility index (Phi) is 4.62. The maximum atomic E-state index is 7.66. The first kappa shape index (κ1) is 12.8. The van der Waals surface area contributed by atoms with Crippen molar-refractivity contribution in [3.8, 4) is 5.75 Å². The molecule has 0 unspecified atom stereocenters. The highest BCUT2D eigenvalue weighted by Crippen LogP contribution is 2.26. The Morgan fingerprint density at radius 2 is 2.12 bits per heavy atom. The average molecular weight is 242 g/mol. The van der Waals surface area contributed by atoms with Crippen LogP contribution in [-0.2, 0) is 4.74 Å². The van der Waals surface area contributed by atoms with Gasteiger partial charge in [-0.15, -0.1) is 0 Å². The maximum absolute atomic E-state index is 7.66. The van der Waals surface area contributed by atoms with Crippen molar-refractivity contribution in [1.29, 1.82) is 5.41 Å². The van der Waals surface area contributed by atoms with Crippen LogP contribution in [0.1, 0.15) is 26.3 Å². The molecule has 0 amide bonds. The number of hydrogen-bond donors (Lipinski definition) is 1. The van der Waals surface area contributed by atoms with Gasteiger partial charge in [-0.3, -0.25) is 5.41 Å². The summed E-state index contributed by atoms with van der Waals surface area (Å²) in [6.45, 7) is 6.17. The van der Waals surface area contributed by atoms with Gasteiger partial charge in [0.05, 0.1) is 17.7 Å². The second-order valence-corrected chi connectivity index (χ2v) is 3.98. The summed E-state index contributed by atoms with van der Waals surface area (Å²) < 4.78 is 10.6. The second-order valence-electron chi connectivity index (χ2n) is 3.57. The van der Waals surface area contributed by atoms with E-state index in [0.29, 0.717) is 22.9 Å². The van der Waals surface area contributed by atoms with Gasteiger partial charge in [0.1, 0.15) is 5.75 Å². The Labute approximate surface area is 101 Å². The zero-order valence-corrected chi connectivity index (χ0v) is 10.5. The zero-order valence-electron chi connectivity index (χ0n) is 9.71. The maximum Gasteiger partial charge on any atom is 0.213 e. The summed E-state index contributed by atoms with van der Waals surface area (Å²) in [6, 6.07) is 5.18. The van der Waals surface area contributed by atoms with Gasteiger partial charge in [0.2, 0.25) is 5.90 Å². The molecule has 3 nitrogen and oxygen atoms in total. The van der Waals surface area contributed by atoms with E-state index in [9.17, 15) is 0 Å². The summed E-state index contributed by atoms with van der Waals surface area (Å²) in [5, 5.41) is 8.20. The topological polar surface area (TPSA) is 42.3 Å². The largest absolute Gasteiger partial charge is 0.489 e. The van der Waals surface area contributed by atoms with Gasteiger partial charge >= 0.3 is 0 Å². The summed E-state index contributed by atoms with van der Waals surface area (Å²) in [5.41, 5.74) is 0.668. The molecule has 1 aromatic carbocycles. The lowest BCUT2D eigenvalue weighted by Crippen LogP contribution is -2.08. The third-order valence-electron chi connectivity index (χ3n) is 1.84. The molecule has 1 aromatic rings. The van der Waals surface area contributed by atoms with Crippen molar-refractivity contribution in [1.82, 2.24) is 0 Å². The molecule has 0 atom stereocenters. The molecular formula is C12H16ClNO2. The lowest BCUT2D eigenvalue weighted by atomic mass is 10.2. The molecule has 0 aromatic heterocycles. The molecule has 4 heteroatoms. The summed E-state index contributed by atoms with van der Waals surface area (Å²) in [6.07, 6.45) is 0.0500. The quantitative estimate of drug-likeness (QED) is 0.648. The molecule has 0 fully saturated rings. The van der Waals surface area contributed by atoms with E-state index in [2.05, 4.69) is 0 Å². The fourth-order valence-corrected chi connectivity index (χ4v) is 1.38. The van der Waals surface area contributed by atoms with Gasteiger partial charge in [-0.25, -0.2) is 0 Å². The van der Waals surface area contributed by atoms with Gasteiger partial charge in [0.15, 0.2) is 0 Å². The molecule has 16 heavy (non-hydrogen) atoms. The van der Waals surface area contributed by atoms with Crippen LogP contribution in [0.5, 0.6) is 5.75 Å². The fourth-order valence-electron chi connectivity index (χ4n) is 1.22. The molecular weight excluding hydrogens is 226 g/mol. The molecule has 88 valence electrons. The number of halogens is 1. The van der Waals surface area contributed by atoms with Gasteiger partial charge < -0.3 is 9.47 Å². The van der Waals surface area contributed by atoms with Crippen molar-refractivity contribution in [2.24, 2.45) is 0 Å². The number of nitrogens with one attached hydrogen (secondary N) is 1. The van der Waals surface area contributed by atoms with E-state index >= 15 is 0 Å². The van der Waals surface area contributed by atoms with Gasteiger partial charge in [0, 0.05) is 5.56 Å². The number of benzene rings is 1. The summed E-state index contributed by atoms with van der Waals surface area (Å²) in [7, 11) is 0. The van der Waals surface area contributed by atoms with Gasteiger partial charge in [-0.1, -0.05) is 11.6 Å². The van der Waals surface area contributed by atoms with Crippen molar-refractivity contribution < 1.29 is 9.47 Å². The van der Waals surface area contributed by atoms with Gasteiger partial charge in [-0.2, -0.15) is 0 Å². The Balaban J connectivity index is 2.93. The summed E-state index contributed by atoms with van der Waals surface area (Å²) in [5.74, 6) is 0.714. The molecule has 0 saturated carbocycles. The number of hydrogen-bond acceptors (Lipinski definition) is 3. The van der Waals surface area contributed by atoms with E-state index < -0.39 is 0 Å². The predicted octanol–water partition coefficient (Wildman–Crippen LogP) is 3.49. The standard InChI is InChI=1S/C12H16ClNO2/c1-4-15-12(14)9-5-6-10(13)11(7-9)16-8(2)3/h5-8,14H,4H2,1-3H3. The van der Waals surface area contributed by atoms with E-state index in [1.165, 1.54) is 0 Å². The van der Waals surface area contributed by atoms with E-state index in [4.69, 9.17) is 26.5 Å². The first-order valence-electron chi connectivity index (χ1n) is 5.22. The van der Waals surface area contributed by atoms with E-state index in [1.807, 2.05) is 20.8 Å². The molecule has 0 aliphatic heterocycles. The molecule has 1 N–H and O–H groups in total. The van der Waals surface area contributed by atoms with Crippen LogP contribution in [0.4, 0.5) is 0 Å². The van der Waals surface area contributed by atoms with Crippen LogP contribution in [0.2, 0.25) is 5.02 Å². The zero-order chi connectivity index (χ0) is 12.1. The second kappa shape index (κ2) is 5.75. The van der Waals surface area contributed by atoms with E-state index in [1.54, 1.807) is 18.2 Å². The Morgan fingerprint density at radius 3 is 2.69 bits per heavy atom. The monoisotopic (exact) mass is 241 g/mol. The highest BCUT2D eigenvalue weighted by molar-refractivity contribution is 6.32. The molecule has 0 radical (unpaired) electrons. The molecule has 0 heterocycles. The van der Waals surface area contributed by atoms with Crippen LogP contribution in [-0.4, -0.2) is 18.6 Å². The molecule has 0 bridgehead atoms. The Bertz CT molecular complexity index is 377. The van der Waals surface area contributed by atoms with Crippen LogP contribution in [0.3, 0.4) is 0 Å². The van der Waals surface area contributed by atoms with Crippen LogP contribution < -0.4 is 4.74 Å². The van der Waals surface area contributed by atoms with Crippen molar-refractivity contribution in [3.05, 3.63) is 28.8 Å². The van der Waals surface area contributed by atoms with Crippen molar-refractivity contribution in [3.63, 3.8) is 0 Å². The van der Waals surface area contributed by atoms with Crippen LogP contribution >= 0.6 is 11.6 Å². The van der Waals surface area contributed by atoms with Gasteiger partial charge in [0.25, 0.3) is 0 Å². The SMILES string of the molecule is CCOC(=N)c1ccc(Cl)c(OC(C)C)c1. The lowest BCUT2D eigenvalue weighted by Gasteiger charge is -2.13. The van der Waals surface area contributed by atoms with E-state index in [-0.39, 0.29) is 12.0 Å². The normalized spacial score (nSPS) is 10.3. The van der Waals surface area contributed by atoms with Crippen molar-refractivity contribution in [2.45, 2.75) is 26.9 Å². The Morgan fingerprint density at radius 1 is 1.44 bits per heavy atom. The lowest BCUT2D eigenvalue weighted by molar-refractivity contribution is 0.242. The summed E-state index contributed by atoms with van der Waals surface area (Å²) >= 11 is 5.99. The first-order valence-corrected chi connectivity index (χ1v) is 5.60. The van der Waals surface area contributed by atoms with Crippen LogP contribution in [0.25, 0.3) is 0 Å². The predicted molar refractivity (Wildman–Crippen MR) is 65.7 cm³/mol. The molecule has 0 saturated heterocycles. The fraction of sp³-hybridized carbons (Fsp3) is 0.417. The third-order valence-corrected chi connectivity index (χ3v) is 2.16. The summed E-state index contributed by atoms with van der Waals surface area (Å²) in [4.78, 5) is 0. The molecule has 0 aliphatic rings. The van der Waals surface area contributed by atoms with Crippen molar-refractivity contribution in [2.75, 3.05) is 6.61 Å². The van der Waals surface area contributed by atoms with Gasteiger partial charge in [-0.05, 0) is 39.0 Å². The number of ether oxygens (including phenoxy) is 2.